The van der Waals surface area contributed by atoms with Gasteiger partial charge in [-0.15, -0.1) is 0 Å². The summed E-state index contributed by atoms with van der Waals surface area (Å²) in [6.07, 6.45) is 0. The molecule has 2 nitrogen and oxygen atoms in total. The van der Waals surface area contributed by atoms with Gasteiger partial charge in [-0.1, -0.05) is 11.6 Å². The van der Waals surface area contributed by atoms with Crippen LogP contribution in [0.1, 0.15) is 5.56 Å². The summed E-state index contributed by atoms with van der Waals surface area (Å²) in [4.78, 5) is 4.57. The van der Waals surface area contributed by atoms with E-state index in [1.54, 1.807) is 13.0 Å². The number of benzene rings is 1. The van der Waals surface area contributed by atoms with Crippen LogP contribution in [-0.2, 0) is 4.84 Å². The van der Waals surface area contributed by atoms with Gasteiger partial charge in [-0.2, -0.15) is 0 Å². The molecular weight excluding hydrogens is 181 g/mol. The van der Waals surface area contributed by atoms with E-state index < -0.39 is 5.82 Å². The summed E-state index contributed by atoms with van der Waals surface area (Å²) in [5.74, 6) is -0.424. The molecule has 0 saturated carbocycles. The molecule has 1 rings (SSSR count). The Morgan fingerprint density at radius 1 is 1.50 bits per heavy atom. The van der Waals surface area contributed by atoms with Gasteiger partial charge in [0, 0.05) is 5.02 Å². The maximum atomic E-state index is 13.0. The van der Waals surface area contributed by atoms with Gasteiger partial charge >= 0.3 is 0 Å². The van der Waals surface area contributed by atoms with E-state index in [4.69, 9.17) is 11.6 Å². The molecule has 0 aliphatic heterocycles. The first-order chi connectivity index (χ1) is 5.65. The third kappa shape index (κ3) is 1.87. The number of anilines is 1. The predicted molar refractivity (Wildman–Crippen MR) is 46.8 cm³/mol. The van der Waals surface area contributed by atoms with Crippen molar-refractivity contribution in [3.8, 4) is 0 Å². The second kappa shape index (κ2) is 3.74. The minimum absolute atomic E-state index is 0.291. The highest BCUT2D eigenvalue weighted by Crippen LogP contribution is 2.23. The van der Waals surface area contributed by atoms with Crippen molar-refractivity contribution in [2.24, 2.45) is 0 Å². The molecule has 0 bridgehead atoms. The zero-order valence-electron chi connectivity index (χ0n) is 6.82. The zero-order valence-corrected chi connectivity index (χ0v) is 7.57. The van der Waals surface area contributed by atoms with Gasteiger partial charge in [-0.25, -0.2) is 4.39 Å². The summed E-state index contributed by atoms with van der Waals surface area (Å²) in [7, 11) is 1.42. The molecule has 1 N–H and O–H groups in total. The second-order valence-electron chi connectivity index (χ2n) is 2.39. The zero-order chi connectivity index (χ0) is 9.14. The van der Waals surface area contributed by atoms with Crippen LogP contribution < -0.4 is 5.48 Å². The fraction of sp³-hybridized carbons (Fsp3) is 0.250. The smallest absolute Gasteiger partial charge is 0.150 e. The van der Waals surface area contributed by atoms with Crippen LogP contribution in [0.4, 0.5) is 10.1 Å². The van der Waals surface area contributed by atoms with Crippen molar-refractivity contribution in [1.82, 2.24) is 0 Å². The molecule has 0 aliphatic rings. The third-order valence-electron chi connectivity index (χ3n) is 1.46. The van der Waals surface area contributed by atoms with Gasteiger partial charge in [-0.05, 0) is 24.6 Å². The SMILES string of the molecule is CONc1cc(C)c(Cl)cc1F. The predicted octanol–water partition coefficient (Wildman–Crippen LogP) is 2.76. The van der Waals surface area contributed by atoms with Gasteiger partial charge in [0.15, 0.2) is 0 Å². The fourth-order valence-electron chi connectivity index (χ4n) is 0.845. The van der Waals surface area contributed by atoms with Crippen LogP contribution in [0.5, 0.6) is 0 Å². The molecule has 0 unspecified atom stereocenters. The van der Waals surface area contributed by atoms with Crippen molar-refractivity contribution in [2.75, 3.05) is 12.6 Å². The third-order valence-corrected chi connectivity index (χ3v) is 1.87. The van der Waals surface area contributed by atoms with Gasteiger partial charge in [-0.3, -0.25) is 10.3 Å². The van der Waals surface area contributed by atoms with Crippen LogP contribution in [0.25, 0.3) is 0 Å². The summed E-state index contributed by atoms with van der Waals surface area (Å²) in [6, 6.07) is 2.83. The van der Waals surface area contributed by atoms with Crippen molar-refractivity contribution >= 4 is 17.3 Å². The average Bonchev–Trinajstić information content (AvgIpc) is 2.01. The summed E-state index contributed by atoms with van der Waals surface area (Å²) in [5.41, 5.74) is 3.50. The fourth-order valence-corrected chi connectivity index (χ4v) is 0.996. The average molecular weight is 190 g/mol. The van der Waals surface area contributed by atoms with Crippen LogP contribution in [-0.4, -0.2) is 7.11 Å². The van der Waals surface area contributed by atoms with E-state index in [1.807, 2.05) is 0 Å². The molecule has 4 heteroatoms. The minimum atomic E-state index is -0.424. The highest BCUT2D eigenvalue weighted by Gasteiger charge is 2.04. The lowest BCUT2D eigenvalue weighted by atomic mass is 10.2. The first-order valence-corrected chi connectivity index (χ1v) is 3.77. The number of aryl methyl sites for hydroxylation is 1. The Morgan fingerprint density at radius 3 is 2.75 bits per heavy atom. The molecule has 0 aliphatic carbocycles. The number of rotatable bonds is 2. The van der Waals surface area contributed by atoms with E-state index in [0.29, 0.717) is 10.7 Å². The lowest BCUT2D eigenvalue weighted by molar-refractivity contribution is 0.268. The van der Waals surface area contributed by atoms with Gasteiger partial charge in [0.05, 0.1) is 12.8 Å². The summed E-state index contributed by atoms with van der Waals surface area (Å²) < 4.78 is 13.0. The molecule has 0 heterocycles. The standard InChI is InChI=1S/C8H9ClFNO/c1-5-3-8(11-12-2)7(10)4-6(5)9/h3-4,11H,1-2H3. The Morgan fingerprint density at radius 2 is 2.17 bits per heavy atom. The Bertz CT molecular complexity index is 291. The minimum Gasteiger partial charge on any atom is -0.279 e. The summed E-state index contributed by atoms with van der Waals surface area (Å²) >= 11 is 5.68. The molecule has 0 amide bonds. The lowest BCUT2D eigenvalue weighted by Crippen LogP contribution is -1.98. The van der Waals surface area contributed by atoms with Crippen LogP contribution in [0.15, 0.2) is 12.1 Å². The van der Waals surface area contributed by atoms with E-state index in [0.717, 1.165) is 5.56 Å². The molecule has 12 heavy (non-hydrogen) atoms. The molecule has 0 radical (unpaired) electrons. The van der Waals surface area contributed by atoms with Gasteiger partial charge in [0.2, 0.25) is 0 Å². The largest absolute Gasteiger partial charge is 0.279 e. The Hall–Kier alpha value is -0.800. The van der Waals surface area contributed by atoms with Gasteiger partial charge in [0.25, 0.3) is 0 Å². The maximum Gasteiger partial charge on any atom is 0.150 e. The number of hydrogen-bond acceptors (Lipinski definition) is 2. The Balaban J connectivity index is 3.05. The summed E-state index contributed by atoms with van der Waals surface area (Å²) in [5, 5.41) is 0.411. The highest BCUT2D eigenvalue weighted by molar-refractivity contribution is 6.31. The number of nitrogens with one attached hydrogen (secondary N) is 1. The first-order valence-electron chi connectivity index (χ1n) is 3.40. The molecule has 0 aromatic heterocycles. The van der Waals surface area contributed by atoms with Crippen molar-refractivity contribution < 1.29 is 9.23 Å². The van der Waals surface area contributed by atoms with E-state index in [-0.39, 0.29) is 0 Å². The molecule has 1 aromatic rings. The van der Waals surface area contributed by atoms with Gasteiger partial charge < -0.3 is 0 Å². The van der Waals surface area contributed by atoms with Crippen LogP contribution >= 0.6 is 11.6 Å². The van der Waals surface area contributed by atoms with Crippen molar-refractivity contribution in [3.63, 3.8) is 0 Å². The van der Waals surface area contributed by atoms with Crippen molar-refractivity contribution in [3.05, 3.63) is 28.5 Å². The molecular formula is C8H9ClFNO. The highest BCUT2D eigenvalue weighted by atomic mass is 35.5. The monoisotopic (exact) mass is 189 g/mol. The van der Waals surface area contributed by atoms with E-state index in [2.05, 4.69) is 10.3 Å². The second-order valence-corrected chi connectivity index (χ2v) is 2.79. The molecule has 1 aromatic carbocycles. The molecule has 0 spiro atoms. The van der Waals surface area contributed by atoms with Crippen LogP contribution in [0.2, 0.25) is 5.02 Å². The normalized spacial score (nSPS) is 10.0. The van der Waals surface area contributed by atoms with Crippen LogP contribution in [0.3, 0.4) is 0 Å². The summed E-state index contributed by atoms with van der Waals surface area (Å²) in [6.45, 7) is 1.79. The number of hydrogen-bond donors (Lipinski definition) is 1. The Kier molecular flexibility index (Phi) is 2.89. The van der Waals surface area contributed by atoms with E-state index in [1.165, 1.54) is 13.2 Å². The topological polar surface area (TPSA) is 21.3 Å². The van der Waals surface area contributed by atoms with Gasteiger partial charge in [0.1, 0.15) is 5.82 Å². The molecule has 66 valence electrons. The molecule has 0 atom stereocenters. The maximum absolute atomic E-state index is 13.0. The Labute approximate surface area is 75.2 Å². The van der Waals surface area contributed by atoms with Crippen molar-refractivity contribution in [2.45, 2.75) is 6.92 Å². The molecule has 0 saturated heterocycles. The molecule has 0 fully saturated rings. The first kappa shape index (κ1) is 9.29. The number of halogens is 2. The lowest BCUT2D eigenvalue weighted by Gasteiger charge is -2.06. The van der Waals surface area contributed by atoms with E-state index in [9.17, 15) is 4.39 Å². The quantitative estimate of drug-likeness (QED) is 0.723. The van der Waals surface area contributed by atoms with E-state index >= 15 is 0 Å². The van der Waals surface area contributed by atoms with Crippen LogP contribution in [0, 0.1) is 12.7 Å². The van der Waals surface area contributed by atoms with Crippen molar-refractivity contribution in [1.29, 1.82) is 0 Å².